The first kappa shape index (κ1) is 29.3. The van der Waals surface area contributed by atoms with Gasteiger partial charge in [0.1, 0.15) is 11.5 Å². The minimum Gasteiger partial charge on any atom is -0.493 e. The molecule has 2 aromatic heterocycles. The number of methoxy groups -OCH3 is 2. The van der Waals surface area contributed by atoms with Crippen LogP contribution in [0, 0.1) is 0 Å². The summed E-state index contributed by atoms with van der Waals surface area (Å²) < 4.78 is 24.9. The van der Waals surface area contributed by atoms with Crippen LogP contribution in [-0.4, -0.2) is 37.1 Å². The van der Waals surface area contributed by atoms with Crippen molar-refractivity contribution in [1.82, 2.24) is 4.57 Å². The van der Waals surface area contributed by atoms with E-state index in [4.69, 9.17) is 18.6 Å². The predicted molar refractivity (Wildman–Crippen MR) is 162 cm³/mol. The Balaban J connectivity index is 1.65. The number of allylic oxidation sites excluding steroid dienone is 1. The average Bonchev–Trinajstić information content (AvgIpc) is 3.56. The molecular weight excluding hydrogens is 624 g/mol. The van der Waals surface area contributed by atoms with Gasteiger partial charge in [-0.1, -0.05) is 51.5 Å². The first-order valence-corrected chi connectivity index (χ1v) is 14.6. The summed E-state index contributed by atoms with van der Waals surface area (Å²) in [6.45, 7) is 5.13. The highest BCUT2D eigenvalue weighted by molar-refractivity contribution is 9.10. The number of carbonyl (C=O) groups excluding carboxylic acids is 2. The predicted octanol–water partition coefficient (Wildman–Crippen LogP) is 5.04. The van der Waals surface area contributed by atoms with Crippen LogP contribution >= 0.6 is 27.3 Å². The molecule has 216 valence electrons. The second kappa shape index (κ2) is 11.9. The van der Waals surface area contributed by atoms with E-state index in [1.165, 1.54) is 37.0 Å². The Morgan fingerprint density at radius 3 is 2.43 bits per heavy atom. The van der Waals surface area contributed by atoms with Crippen molar-refractivity contribution in [1.29, 1.82) is 0 Å². The molecule has 11 heteroatoms. The van der Waals surface area contributed by atoms with E-state index in [2.05, 4.69) is 20.9 Å². The van der Waals surface area contributed by atoms with Gasteiger partial charge < -0.3 is 18.6 Å². The maximum Gasteiger partial charge on any atom is 0.338 e. The molecule has 0 N–H and O–H groups in total. The van der Waals surface area contributed by atoms with Crippen LogP contribution in [0.2, 0.25) is 0 Å². The lowest BCUT2D eigenvalue weighted by molar-refractivity contribution is -0.139. The van der Waals surface area contributed by atoms with E-state index in [1.54, 1.807) is 56.3 Å². The van der Waals surface area contributed by atoms with Gasteiger partial charge in [0, 0.05) is 21.7 Å². The summed E-state index contributed by atoms with van der Waals surface area (Å²) in [6, 6.07) is 13.3. The van der Waals surface area contributed by atoms with Crippen molar-refractivity contribution in [2.45, 2.75) is 26.8 Å². The number of thiazole rings is 1. The standard InChI is InChI=1S/C31H27BrN2O7S/c1-6-40-30(37)27-16(2)33-31-34(28(27)21-14-24(38-4)25(39-5)15-22(21)32)29(36)26(42-31)13-20-11-12-23(41-20)19-9-7-18(8-10-19)17(3)35/h7-15,28H,6H2,1-5H3/b26-13-/t28-/m0/s1. The Hall–Kier alpha value is -4.22. The topological polar surface area (TPSA) is 109 Å². The fourth-order valence-electron chi connectivity index (χ4n) is 4.75. The van der Waals surface area contributed by atoms with Crippen LogP contribution < -0.4 is 24.4 Å². The number of esters is 1. The molecule has 0 aliphatic carbocycles. The van der Waals surface area contributed by atoms with Gasteiger partial charge in [0.05, 0.1) is 42.7 Å². The Bertz CT molecular complexity index is 1920. The molecule has 1 aliphatic heterocycles. The number of ketones is 1. The van der Waals surface area contributed by atoms with E-state index in [0.29, 0.717) is 53.6 Å². The first-order valence-electron chi connectivity index (χ1n) is 13.0. The largest absolute Gasteiger partial charge is 0.493 e. The van der Waals surface area contributed by atoms with Crippen molar-refractivity contribution >= 4 is 45.1 Å². The first-order chi connectivity index (χ1) is 20.2. The molecule has 0 fully saturated rings. The second-order valence-electron chi connectivity index (χ2n) is 9.37. The average molecular weight is 652 g/mol. The molecule has 1 atom stereocenters. The van der Waals surface area contributed by atoms with E-state index in [9.17, 15) is 14.4 Å². The minimum absolute atomic E-state index is 0.0168. The van der Waals surface area contributed by atoms with E-state index < -0.39 is 12.0 Å². The van der Waals surface area contributed by atoms with Crippen molar-refractivity contribution in [3.05, 3.63) is 101 Å². The third-order valence-corrected chi connectivity index (χ3v) is 8.46. The number of rotatable bonds is 8. The normalized spacial score (nSPS) is 14.8. The molecule has 4 aromatic rings. The van der Waals surface area contributed by atoms with E-state index >= 15 is 0 Å². The van der Waals surface area contributed by atoms with Crippen LogP contribution in [0.4, 0.5) is 0 Å². The molecule has 3 heterocycles. The number of furan rings is 1. The molecule has 0 bridgehead atoms. The van der Waals surface area contributed by atoms with Gasteiger partial charge in [-0.2, -0.15) is 0 Å². The third kappa shape index (κ3) is 5.37. The van der Waals surface area contributed by atoms with Gasteiger partial charge in [0.2, 0.25) is 0 Å². The van der Waals surface area contributed by atoms with Gasteiger partial charge in [-0.3, -0.25) is 14.2 Å². The highest BCUT2D eigenvalue weighted by Crippen LogP contribution is 2.40. The molecule has 9 nitrogen and oxygen atoms in total. The number of halogens is 1. The van der Waals surface area contributed by atoms with Crippen LogP contribution in [0.1, 0.15) is 48.5 Å². The number of ether oxygens (including phenoxy) is 3. The Labute approximate surface area is 253 Å². The summed E-state index contributed by atoms with van der Waals surface area (Å²) in [6.07, 6.45) is 1.65. The van der Waals surface area contributed by atoms with Crippen molar-refractivity contribution in [3.8, 4) is 22.8 Å². The molecule has 0 radical (unpaired) electrons. The van der Waals surface area contributed by atoms with Crippen molar-refractivity contribution in [3.63, 3.8) is 0 Å². The Morgan fingerprint density at radius 1 is 1.10 bits per heavy atom. The number of aromatic nitrogens is 1. The SMILES string of the molecule is CCOC(=O)C1=C(C)N=c2s/c(=C\c3ccc(-c4ccc(C(C)=O)cc4)o3)c(=O)n2[C@H]1c1cc(OC)c(OC)cc1Br. The number of benzene rings is 2. The fourth-order valence-corrected chi connectivity index (χ4v) is 6.32. The van der Waals surface area contributed by atoms with Crippen molar-refractivity contribution < 1.29 is 28.2 Å². The zero-order chi connectivity index (χ0) is 30.1. The number of carbonyl (C=O) groups is 2. The van der Waals surface area contributed by atoms with Gasteiger partial charge in [0.15, 0.2) is 22.1 Å². The highest BCUT2D eigenvalue weighted by atomic mass is 79.9. The summed E-state index contributed by atoms with van der Waals surface area (Å²) in [5, 5.41) is 0. The molecule has 5 rings (SSSR count). The maximum absolute atomic E-state index is 14.0. The van der Waals surface area contributed by atoms with Gasteiger partial charge >= 0.3 is 5.97 Å². The lowest BCUT2D eigenvalue weighted by Crippen LogP contribution is -2.40. The number of Topliss-reactive ketones (excluding diaryl/α,β-unsaturated/α-hetero) is 1. The van der Waals surface area contributed by atoms with Crippen LogP contribution in [0.3, 0.4) is 0 Å². The van der Waals surface area contributed by atoms with Crippen molar-refractivity contribution in [2.75, 3.05) is 20.8 Å². The molecule has 0 saturated heterocycles. The van der Waals surface area contributed by atoms with Gasteiger partial charge in [-0.25, -0.2) is 9.79 Å². The monoisotopic (exact) mass is 650 g/mol. The van der Waals surface area contributed by atoms with Crippen LogP contribution in [0.25, 0.3) is 17.4 Å². The summed E-state index contributed by atoms with van der Waals surface area (Å²) in [5.41, 5.74) is 2.37. The Morgan fingerprint density at radius 2 is 1.79 bits per heavy atom. The van der Waals surface area contributed by atoms with Gasteiger partial charge in [-0.15, -0.1) is 0 Å². The summed E-state index contributed by atoms with van der Waals surface area (Å²) in [7, 11) is 3.05. The molecule has 42 heavy (non-hydrogen) atoms. The molecular formula is C31H27BrN2O7S. The number of nitrogens with zero attached hydrogens (tertiary/aromatic N) is 2. The molecule has 1 aliphatic rings. The lowest BCUT2D eigenvalue weighted by Gasteiger charge is -2.26. The number of hydrogen-bond donors (Lipinski definition) is 0. The lowest BCUT2D eigenvalue weighted by atomic mass is 9.95. The molecule has 0 unspecified atom stereocenters. The summed E-state index contributed by atoms with van der Waals surface area (Å²) in [5.74, 6) is 1.41. The minimum atomic E-state index is -0.844. The molecule has 0 saturated carbocycles. The van der Waals surface area contributed by atoms with E-state index in [-0.39, 0.29) is 23.5 Å². The van der Waals surface area contributed by atoms with Crippen LogP contribution in [0.5, 0.6) is 11.5 Å². The fraction of sp³-hybridized carbons (Fsp3) is 0.226. The third-order valence-electron chi connectivity index (χ3n) is 6.79. The summed E-state index contributed by atoms with van der Waals surface area (Å²) in [4.78, 5) is 43.9. The van der Waals surface area contributed by atoms with Crippen LogP contribution in [-0.2, 0) is 9.53 Å². The molecule has 2 aromatic carbocycles. The number of fused-ring (bicyclic) bond motifs is 1. The van der Waals surface area contributed by atoms with E-state index in [0.717, 1.165) is 5.56 Å². The molecule has 0 spiro atoms. The summed E-state index contributed by atoms with van der Waals surface area (Å²) >= 11 is 4.80. The van der Waals surface area contributed by atoms with Crippen molar-refractivity contribution in [2.24, 2.45) is 4.99 Å². The van der Waals surface area contributed by atoms with E-state index in [1.807, 2.05) is 12.1 Å². The van der Waals surface area contributed by atoms with Crippen LogP contribution in [0.15, 0.2) is 78.5 Å². The maximum atomic E-state index is 14.0. The second-order valence-corrected chi connectivity index (χ2v) is 11.2. The zero-order valence-electron chi connectivity index (χ0n) is 23.5. The Kier molecular flexibility index (Phi) is 8.33. The quantitative estimate of drug-likeness (QED) is 0.194. The van der Waals surface area contributed by atoms with Gasteiger partial charge in [-0.05, 0) is 50.6 Å². The number of hydrogen-bond acceptors (Lipinski definition) is 9. The zero-order valence-corrected chi connectivity index (χ0v) is 25.9. The highest BCUT2D eigenvalue weighted by Gasteiger charge is 2.35. The van der Waals surface area contributed by atoms with Gasteiger partial charge in [0.25, 0.3) is 5.56 Å². The smallest absolute Gasteiger partial charge is 0.338 e. The molecule has 0 amide bonds.